The number of nitrogens with zero attached hydrogens (tertiary/aromatic N) is 5. The maximum absolute atomic E-state index is 15.1. The first-order valence-electron chi connectivity index (χ1n) is 21.2. The average Bonchev–Trinajstić information content (AvgIpc) is 3.89. The van der Waals surface area contributed by atoms with Gasteiger partial charge in [-0.05, 0) is 87.8 Å². The van der Waals surface area contributed by atoms with Crippen molar-refractivity contribution in [2.75, 3.05) is 75.5 Å². The summed E-state index contributed by atoms with van der Waals surface area (Å²) in [6, 6.07) is 12.4. The quantitative estimate of drug-likeness (QED) is 0.0575. The molecular weight excluding hydrogens is 783 g/mol. The minimum absolute atomic E-state index is 0.0574. The molecular formula is C45H58F2N10O4. The van der Waals surface area contributed by atoms with Gasteiger partial charge in [0, 0.05) is 105 Å². The van der Waals surface area contributed by atoms with E-state index in [2.05, 4.69) is 25.0 Å². The van der Waals surface area contributed by atoms with Gasteiger partial charge in [-0.2, -0.15) is 5.26 Å². The topological polar surface area (TPSA) is 213 Å². The summed E-state index contributed by atoms with van der Waals surface area (Å²) < 4.78 is 35.8. The largest absolute Gasteiger partial charge is 0.489 e. The molecule has 0 amide bonds. The number of piperidine rings is 1. The second-order valence-corrected chi connectivity index (χ2v) is 16.1. The molecule has 7 rings (SSSR count). The second kappa shape index (κ2) is 21.4. The van der Waals surface area contributed by atoms with Crippen LogP contribution in [0.5, 0.6) is 5.75 Å². The summed E-state index contributed by atoms with van der Waals surface area (Å²) >= 11 is 0. The number of hydrogen-bond acceptors (Lipinski definition) is 13. The SMILES string of the molecule is CNc1cc(C=NC2CCC(N3CCN(C4CCN(c5cc(F)c([C@H]6CCC(N)C6=O)c(F)c5)CC4)CC3)CC2)c(N)cc1OCCO.N#C/C(C=N)=C/c1ccc(C=O)[nH]1. The van der Waals surface area contributed by atoms with Gasteiger partial charge in [-0.25, -0.2) is 8.78 Å². The molecule has 2 aliphatic heterocycles. The Hall–Kier alpha value is -5.47. The van der Waals surface area contributed by atoms with Crippen LogP contribution in [-0.2, 0) is 4.79 Å². The number of nitrogens with two attached hydrogens (primary N) is 2. The lowest BCUT2D eigenvalue weighted by Crippen LogP contribution is -2.55. The number of allylic oxidation sites excluding steroid dienone is 1. The minimum atomic E-state index is -0.775. The number of aliphatic hydroxyl groups is 1. The number of aliphatic imine (C=N–C) groups is 1. The van der Waals surface area contributed by atoms with E-state index in [0.29, 0.717) is 59.7 Å². The summed E-state index contributed by atoms with van der Waals surface area (Å²) in [4.78, 5) is 37.6. The summed E-state index contributed by atoms with van der Waals surface area (Å²) in [7, 11) is 1.83. The van der Waals surface area contributed by atoms with Gasteiger partial charge in [-0.1, -0.05) is 0 Å². The van der Waals surface area contributed by atoms with Crippen molar-refractivity contribution < 1.29 is 28.2 Å². The number of nitrogens with one attached hydrogen (secondary N) is 3. The molecule has 61 heavy (non-hydrogen) atoms. The predicted molar refractivity (Wildman–Crippen MR) is 235 cm³/mol. The Morgan fingerprint density at radius 2 is 1.62 bits per heavy atom. The van der Waals surface area contributed by atoms with Crippen LogP contribution < -0.4 is 26.4 Å². The van der Waals surface area contributed by atoms with E-state index in [1.54, 1.807) is 18.2 Å². The van der Waals surface area contributed by atoms with E-state index in [1.165, 1.54) is 18.2 Å². The molecule has 3 heterocycles. The van der Waals surface area contributed by atoms with Crippen molar-refractivity contribution in [1.29, 1.82) is 10.7 Å². The Labute approximate surface area is 356 Å². The van der Waals surface area contributed by atoms with E-state index < -0.39 is 23.6 Å². The zero-order valence-corrected chi connectivity index (χ0v) is 34.8. The molecule has 4 aliphatic rings. The van der Waals surface area contributed by atoms with Gasteiger partial charge >= 0.3 is 0 Å². The highest BCUT2D eigenvalue weighted by Crippen LogP contribution is 2.37. The van der Waals surface area contributed by atoms with Crippen molar-refractivity contribution in [2.45, 2.75) is 81.5 Å². The Balaban J connectivity index is 0.000000410. The number of piperazine rings is 1. The number of anilines is 3. The Morgan fingerprint density at radius 1 is 0.984 bits per heavy atom. The number of benzene rings is 2. The van der Waals surface area contributed by atoms with Gasteiger partial charge < -0.3 is 41.9 Å². The van der Waals surface area contributed by atoms with Gasteiger partial charge in [0.25, 0.3) is 0 Å². The van der Waals surface area contributed by atoms with Crippen LogP contribution in [0.25, 0.3) is 6.08 Å². The molecule has 4 fully saturated rings. The van der Waals surface area contributed by atoms with Crippen molar-refractivity contribution in [3.05, 3.63) is 76.1 Å². The molecule has 0 spiro atoms. The summed E-state index contributed by atoms with van der Waals surface area (Å²) in [5.74, 6) is -1.70. The number of rotatable bonds is 13. The lowest BCUT2D eigenvalue weighted by molar-refractivity contribution is -0.119. The zero-order valence-electron chi connectivity index (χ0n) is 34.8. The number of halogens is 2. The first kappa shape index (κ1) is 45.1. The third-order valence-corrected chi connectivity index (χ3v) is 12.4. The first-order chi connectivity index (χ1) is 29.5. The molecule has 14 nitrogen and oxygen atoms in total. The Kier molecular flexibility index (Phi) is 15.8. The van der Waals surface area contributed by atoms with Gasteiger partial charge in [0.15, 0.2) is 12.1 Å². The predicted octanol–water partition coefficient (Wildman–Crippen LogP) is 5.13. The van der Waals surface area contributed by atoms with Gasteiger partial charge in [-0.3, -0.25) is 24.4 Å². The highest BCUT2D eigenvalue weighted by molar-refractivity contribution is 5.92. The normalized spacial score (nSPS) is 23.0. The van der Waals surface area contributed by atoms with E-state index in [0.717, 1.165) is 95.3 Å². The van der Waals surface area contributed by atoms with Gasteiger partial charge in [0.05, 0.1) is 41.6 Å². The van der Waals surface area contributed by atoms with Crippen LogP contribution in [0.2, 0.25) is 0 Å². The molecule has 1 aromatic heterocycles. The van der Waals surface area contributed by atoms with Crippen molar-refractivity contribution in [1.82, 2.24) is 14.8 Å². The Bertz CT molecular complexity index is 2070. The van der Waals surface area contributed by atoms with E-state index in [1.807, 2.05) is 25.4 Å². The number of ether oxygens (including phenoxy) is 1. The van der Waals surface area contributed by atoms with Crippen LogP contribution in [0, 0.1) is 28.4 Å². The molecule has 2 atom stereocenters. The fourth-order valence-corrected chi connectivity index (χ4v) is 9.03. The monoisotopic (exact) mass is 840 g/mol. The van der Waals surface area contributed by atoms with Crippen LogP contribution in [0.1, 0.15) is 84.6 Å². The van der Waals surface area contributed by atoms with Crippen LogP contribution in [0.15, 0.2) is 47.0 Å². The minimum Gasteiger partial charge on any atom is -0.489 e. The number of ketones is 1. The van der Waals surface area contributed by atoms with E-state index in [4.69, 9.17) is 37.0 Å². The van der Waals surface area contributed by atoms with Crippen molar-refractivity contribution >= 4 is 47.6 Å². The van der Waals surface area contributed by atoms with Crippen molar-refractivity contribution in [3.8, 4) is 11.8 Å². The standard InChI is InChI=1S/C36H51F2N7O3.C9H7N3O/c1-41-33-18-23(32(40)21-34(33)48-17-16-46)22-42-24-2-4-25(5-3-24)44-12-14-45(15-13-44)26-8-10-43(11-9-26)27-19-29(37)35(30(38)20-27)28-6-7-31(39)36(28)47;10-4-7(5-11)3-8-1-2-9(6-13)12-8/h18-22,24-26,28,31,41,46H,2-17,39-40H2,1H3;1-4,6,10,12H/b;7-3+,10-4?/t24?,25?,28-,31?;/m1./s1. The lowest BCUT2D eigenvalue weighted by atomic mass is 9.90. The van der Waals surface area contributed by atoms with Crippen LogP contribution in [0.3, 0.4) is 0 Å². The smallest absolute Gasteiger partial charge is 0.166 e. The van der Waals surface area contributed by atoms with Gasteiger partial charge in [-0.15, -0.1) is 0 Å². The third-order valence-electron chi connectivity index (χ3n) is 12.4. The third kappa shape index (κ3) is 11.3. The summed E-state index contributed by atoms with van der Waals surface area (Å²) in [5.41, 5.74) is 16.1. The first-order valence-corrected chi connectivity index (χ1v) is 21.2. The zero-order chi connectivity index (χ0) is 43.5. The van der Waals surface area contributed by atoms with E-state index >= 15 is 8.78 Å². The van der Waals surface area contributed by atoms with Crippen LogP contribution in [-0.4, -0.2) is 128 Å². The van der Waals surface area contributed by atoms with E-state index in [9.17, 15) is 9.59 Å². The summed E-state index contributed by atoms with van der Waals surface area (Å²) in [6.07, 6.45) is 12.2. The second-order valence-electron chi connectivity index (χ2n) is 16.1. The number of aromatic nitrogens is 1. The number of carbonyl (C=O) groups excluding carboxylic acids is 2. The molecule has 0 radical (unpaired) electrons. The molecule has 2 aromatic carbocycles. The highest BCUT2D eigenvalue weighted by atomic mass is 19.1. The molecule has 16 heteroatoms. The maximum Gasteiger partial charge on any atom is 0.166 e. The summed E-state index contributed by atoms with van der Waals surface area (Å²) in [6.45, 7) is 5.88. The Morgan fingerprint density at radius 3 is 2.16 bits per heavy atom. The fraction of sp³-hybridized carbons (Fsp3) is 0.489. The molecule has 2 saturated carbocycles. The fourth-order valence-electron chi connectivity index (χ4n) is 9.03. The number of nitriles is 1. The number of Topliss-reactive ketones (excluding diaryl/α,β-unsaturated/α-hetero) is 1. The van der Waals surface area contributed by atoms with Crippen LogP contribution in [0.4, 0.5) is 25.8 Å². The molecule has 326 valence electrons. The maximum atomic E-state index is 15.1. The number of aliphatic hydroxyl groups excluding tert-OH is 1. The number of hydrogen-bond donors (Lipinski definition) is 6. The summed E-state index contributed by atoms with van der Waals surface area (Å²) in [5, 5.41) is 27.6. The number of aromatic amines is 1. The number of carbonyl (C=O) groups is 2. The van der Waals surface area contributed by atoms with Gasteiger partial charge in [0.1, 0.15) is 30.1 Å². The molecule has 2 aliphatic carbocycles. The van der Waals surface area contributed by atoms with Crippen molar-refractivity contribution in [2.24, 2.45) is 10.7 Å². The van der Waals surface area contributed by atoms with E-state index in [-0.39, 0.29) is 36.2 Å². The number of aldehydes is 1. The lowest BCUT2D eigenvalue weighted by Gasteiger charge is -2.46. The van der Waals surface area contributed by atoms with Crippen molar-refractivity contribution in [3.63, 3.8) is 0 Å². The molecule has 2 saturated heterocycles. The molecule has 8 N–H and O–H groups in total. The molecule has 0 bridgehead atoms. The van der Waals surface area contributed by atoms with Crippen LogP contribution >= 0.6 is 0 Å². The molecule has 3 aromatic rings. The highest BCUT2D eigenvalue weighted by Gasteiger charge is 2.37. The number of H-pyrrole nitrogens is 1. The average molecular weight is 841 g/mol. The van der Waals surface area contributed by atoms with Gasteiger partial charge in [0.2, 0.25) is 0 Å². The number of nitrogen functional groups attached to an aromatic ring is 1. The molecule has 1 unspecified atom stereocenters.